The molecule has 0 radical (unpaired) electrons. The van der Waals surface area contributed by atoms with Gasteiger partial charge in [0.15, 0.2) is 0 Å². The molecule has 1 saturated carbocycles. The largest absolute Gasteiger partial charge is 0.496 e. The van der Waals surface area contributed by atoms with Gasteiger partial charge in [-0.2, -0.15) is 0 Å². The van der Waals surface area contributed by atoms with Crippen LogP contribution in [0.4, 0.5) is 0 Å². The van der Waals surface area contributed by atoms with Crippen molar-refractivity contribution < 1.29 is 4.74 Å². The fourth-order valence-electron chi connectivity index (χ4n) is 2.06. The lowest BCUT2D eigenvalue weighted by Gasteiger charge is -2.29. The number of methoxy groups -OCH3 is 1. The van der Waals surface area contributed by atoms with Gasteiger partial charge in [0.1, 0.15) is 5.75 Å². The molecule has 84 valence electrons. The van der Waals surface area contributed by atoms with Crippen LogP contribution in [-0.2, 0) is 0 Å². The van der Waals surface area contributed by atoms with E-state index in [-0.39, 0.29) is 0 Å². The molecule has 1 aromatic rings. The van der Waals surface area contributed by atoms with Crippen molar-refractivity contribution in [2.45, 2.75) is 31.7 Å². The summed E-state index contributed by atoms with van der Waals surface area (Å²) in [5.41, 5.74) is 0. The van der Waals surface area contributed by atoms with Crippen LogP contribution in [0.25, 0.3) is 0 Å². The molecule has 2 nitrogen and oxygen atoms in total. The first kappa shape index (κ1) is 11.0. The van der Waals surface area contributed by atoms with Gasteiger partial charge in [0.2, 0.25) is 0 Å². The smallest absolute Gasteiger partial charge is 0.129 e. The second-order valence-corrected chi connectivity index (χ2v) is 5.21. The molecule has 0 spiro atoms. The van der Waals surface area contributed by atoms with Gasteiger partial charge >= 0.3 is 0 Å². The standard InChI is InChI=1S/C12H19NOS/c1-13-11(6-9-4-3-5-9)12-7-10(14-2)8-15-12/h7-9,11,13H,3-6H2,1-2H3. The van der Waals surface area contributed by atoms with Crippen LogP contribution in [0.3, 0.4) is 0 Å². The van der Waals surface area contributed by atoms with Crippen LogP contribution in [0, 0.1) is 5.92 Å². The maximum Gasteiger partial charge on any atom is 0.129 e. The highest BCUT2D eigenvalue weighted by atomic mass is 32.1. The normalized spacial score (nSPS) is 18.5. The van der Waals surface area contributed by atoms with Crippen molar-refractivity contribution in [1.82, 2.24) is 5.32 Å². The molecule has 0 aliphatic heterocycles. The Morgan fingerprint density at radius 3 is 2.87 bits per heavy atom. The van der Waals surface area contributed by atoms with Crippen molar-refractivity contribution in [3.05, 3.63) is 16.3 Å². The Balaban J connectivity index is 1.97. The molecule has 1 unspecified atom stereocenters. The predicted molar refractivity (Wildman–Crippen MR) is 64.6 cm³/mol. The van der Waals surface area contributed by atoms with E-state index in [4.69, 9.17) is 4.74 Å². The average Bonchev–Trinajstić information content (AvgIpc) is 2.65. The fraction of sp³-hybridized carbons (Fsp3) is 0.667. The summed E-state index contributed by atoms with van der Waals surface area (Å²) in [5, 5.41) is 5.49. The van der Waals surface area contributed by atoms with E-state index >= 15 is 0 Å². The van der Waals surface area contributed by atoms with E-state index in [9.17, 15) is 0 Å². The van der Waals surface area contributed by atoms with Crippen molar-refractivity contribution in [1.29, 1.82) is 0 Å². The lowest BCUT2D eigenvalue weighted by molar-refractivity contribution is 0.267. The van der Waals surface area contributed by atoms with E-state index in [1.165, 1.54) is 30.6 Å². The number of rotatable bonds is 5. The molecule has 0 amide bonds. The first-order chi connectivity index (χ1) is 7.33. The maximum absolute atomic E-state index is 5.22. The van der Waals surface area contributed by atoms with Crippen LogP contribution in [0.1, 0.15) is 36.6 Å². The van der Waals surface area contributed by atoms with E-state index in [0.717, 1.165) is 11.7 Å². The van der Waals surface area contributed by atoms with Gasteiger partial charge in [0.05, 0.1) is 7.11 Å². The van der Waals surface area contributed by atoms with Gasteiger partial charge in [-0.25, -0.2) is 0 Å². The van der Waals surface area contributed by atoms with Crippen molar-refractivity contribution in [2.24, 2.45) is 5.92 Å². The minimum absolute atomic E-state index is 0.518. The molecule has 1 aliphatic rings. The molecule has 15 heavy (non-hydrogen) atoms. The van der Waals surface area contributed by atoms with Crippen LogP contribution in [-0.4, -0.2) is 14.2 Å². The van der Waals surface area contributed by atoms with Crippen molar-refractivity contribution in [3.8, 4) is 5.75 Å². The molecule has 1 fully saturated rings. The van der Waals surface area contributed by atoms with Crippen molar-refractivity contribution in [3.63, 3.8) is 0 Å². The molecule has 1 atom stereocenters. The minimum atomic E-state index is 0.518. The molecule has 0 saturated heterocycles. The zero-order valence-corrected chi connectivity index (χ0v) is 10.3. The van der Waals surface area contributed by atoms with Crippen LogP contribution >= 0.6 is 11.3 Å². The molecule has 2 rings (SSSR count). The highest BCUT2D eigenvalue weighted by Gasteiger charge is 2.23. The molecular weight excluding hydrogens is 206 g/mol. The number of thiophene rings is 1. The molecule has 1 aliphatic carbocycles. The van der Waals surface area contributed by atoms with Crippen LogP contribution in [0.5, 0.6) is 5.75 Å². The second-order valence-electron chi connectivity index (χ2n) is 4.26. The molecule has 0 bridgehead atoms. The van der Waals surface area contributed by atoms with Crippen molar-refractivity contribution >= 4 is 11.3 Å². The molecular formula is C12H19NOS. The zero-order valence-electron chi connectivity index (χ0n) is 9.45. The SMILES string of the molecule is CNC(CC1CCC1)c1cc(OC)cs1. The third-order valence-electron chi connectivity index (χ3n) is 3.32. The highest BCUT2D eigenvalue weighted by Crippen LogP contribution is 2.37. The Bertz CT molecular complexity index is 306. The molecule has 1 N–H and O–H groups in total. The Morgan fingerprint density at radius 1 is 1.60 bits per heavy atom. The summed E-state index contributed by atoms with van der Waals surface area (Å²) >= 11 is 1.80. The Morgan fingerprint density at radius 2 is 2.40 bits per heavy atom. The van der Waals surface area contributed by atoms with Gasteiger partial charge in [0.25, 0.3) is 0 Å². The van der Waals surface area contributed by atoms with Gasteiger partial charge < -0.3 is 10.1 Å². The number of nitrogens with one attached hydrogen (secondary N) is 1. The molecule has 1 aromatic heterocycles. The average molecular weight is 225 g/mol. The van der Waals surface area contributed by atoms with Gasteiger partial charge in [-0.05, 0) is 25.5 Å². The summed E-state index contributed by atoms with van der Waals surface area (Å²) in [7, 11) is 3.78. The van der Waals surface area contributed by atoms with E-state index in [0.29, 0.717) is 6.04 Å². The predicted octanol–water partition coefficient (Wildman–Crippen LogP) is 3.21. The maximum atomic E-state index is 5.22. The van der Waals surface area contributed by atoms with Gasteiger partial charge in [-0.1, -0.05) is 19.3 Å². The summed E-state index contributed by atoms with van der Waals surface area (Å²) < 4.78 is 5.22. The fourth-order valence-corrected chi connectivity index (χ4v) is 3.04. The van der Waals surface area contributed by atoms with Crippen LogP contribution in [0.2, 0.25) is 0 Å². The van der Waals surface area contributed by atoms with Gasteiger partial charge in [-0.3, -0.25) is 0 Å². The first-order valence-electron chi connectivity index (χ1n) is 5.63. The molecule has 3 heteroatoms. The highest BCUT2D eigenvalue weighted by molar-refractivity contribution is 7.10. The number of ether oxygens (including phenoxy) is 1. The lowest BCUT2D eigenvalue weighted by Crippen LogP contribution is -2.22. The van der Waals surface area contributed by atoms with E-state index in [2.05, 4.69) is 23.8 Å². The Kier molecular flexibility index (Phi) is 3.65. The quantitative estimate of drug-likeness (QED) is 0.831. The summed E-state index contributed by atoms with van der Waals surface area (Å²) in [6.07, 6.45) is 5.54. The van der Waals surface area contributed by atoms with Gasteiger partial charge in [0, 0.05) is 16.3 Å². The lowest BCUT2D eigenvalue weighted by atomic mass is 9.80. The second kappa shape index (κ2) is 4.99. The van der Waals surface area contributed by atoms with Crippen LogP contribution < -0.4 is 10.1 Å². The van der Waals surface area contributed by atoms with Crippen molar-refractivity contribution in [2.75, 3.05) is 14.2 Å². The zero-order chi connectivity index (χ0) is 10.7. The Hall–Kier alpha value is -0.540. The summed E-state index contributed by atoms with van der Waals surface area (Å²) in [6, 6.07) is 2.68. The van der Waals surface area contributed by atoms with E-state index in [1.54, 1.807) is 18.4 Å². The summed E-state index contributed by atoms with van der Waals surface area (Å²) in [5.74, 6) is 1.93. The first-order valence-corrected chi connectivity index (χ1v) is 6.51. The monoisotopic (exact) mass is 225 g/mol. The molecule has 0 aromatic carbocycles. The Labute approximate surface area is 95.6 Å². The minimum Gasteiger partial charge on any atom is -0.496 e. The third kappa shape index (κ3) is 2.52. The van der Waals surface area contributed by atoms with E-state index < -0.39 is 0 Å². The van der Waals surface area contributed by atoms with E-state index in [1.807, 2.05) is 0 Å². The summed E-state index contributed by atoms with van der Waals surface area (Å²) in [4.78, 5) is 1.40. The summed E-state index contributed by atoms with van der Waals surface area (Å²) in [6.45, 7) is 0. The van der Waals surface area contributed by atoms with Crippen LogP contribution in [0.15, 0.2) is 11.4 Å². The molecule has 1 heterocycles. The topological polar surface area (TPSA) is 21.3 Å². The number of hydrogen-bond acceptors (Lipinski definition) is 3. The van der Waals surface area contributed by atoms with Gasteiger partial charge in [-0.15, -0.1) is 11.3 Å². The third-order valence-corrected chi connectivity index (χ3v) is 4.34. The number of hydrogen-bond donors (Lipinski definition) is 1.